The standard InChI is InChI=1S/C17H15N3O/c21-17(16-11-19-20-12-16)15-5-1-3-13(9-15)6-7-14-4-2-8-18-10-14/h1-5,8-12H,6-7H2,(H,19,20). The third kappa shape index (κ3) is 3.23. The van der Waals surface area contributed by atoms with Gasteiger partial charge in [0.25, 0.3) is 0 Å². The van der Waals surface area contributed by atoms with Gasteiger partial charge in [-0.3, -0.25) is 14.9 Å². The van der Waals surface area contributed by atoms with Crippen molar-refractivity contribution in [2.45, 2.75) is 12.8 Å². The van der Waals surface area contributed by atoms with Gasteiger partial charge in [-0.25, -0.2) is 0 Å². The highest BCUT2D eigenvalue weighted by atomic mass is 16.1. The maximum absolute atomic E-state index is 12.3. The number of aromatic nitrogens is 3. The largest absolute Gasteiger partial charge is 0.288 e. The minimum absolute atomic E-state index is 0.00743. The Bertz CT molecular complexity index is 721. The van der Waals surface area contributed by atoms with Crippen LogP contribution < -0.4 is 0 Å². The van der Waals surface area contributed by atoms with E-state index in [1.807, 2.05) is 36.5 Å². The second-order valence-corrected chi connectivity index (χ2v) is 4.88. The highest BCUT2D eigenvalue weighted by Gasteiger charge is 2.10. The molecule has 2 aromatic heterocycles. The summed E-state index contributed by atoms with van der Waals surface area (Å²) in [6.45, 7) is 0. The normalized spacial score (nSPS) is 10.5. The Hall–Kier alpha value is -2.75. The monoisotopic (exact) mass is 277 g/mol. The van der Waals surface area contributed by atoms with Crippen LogP contribution in [0.2, 0.25) is 0 Å². The van der Waals surface area contributed by atoms with E-state index in [2.05, 4.69) is 21.2 Å². The third-order valence-corrected chi connectivity index (χ3v) is 3.37. The SMILES string of the molecule is O=C(c1cn[nH]c1)c1cccc(CCc2cccnc2)c1. The van der Waals surface area contributed by atoms with E-state index >= 15 is 0 Å². The molecule has 0 amide bonds. The maximum Gasteiger partial charge on any atom is 0.196 e. The molecule has 1 N–H and O–H groups in total. The Kier molecular flexibility index (Phi) is 3.87. The van der Waals surface area contributed by atoms with Gasteiger partial charge in [-0.15, -0.1) is 0 Å². The first kappa shape index (κ1) is 13.2. The molecule has 4 heteroatoms. The molecule has 0 saturated carbocycles. The van der Waals surface area contributed by atoms with Crippen LogP contribution >= 0.6 is 0 Å². The van der Waals surface area contributed by atoms with Crippen LogP contribution in [-0.4, -0.2) is 21.0 Å². The summed E-state index contributed by atoms with van der Waals surface area (Å²) in [5, 5.41) is 6.48. The van der Waals surface area contributed by atoms with Gasteiger partial charge >= 0.3 is 0 Å². The van der Waals surface area contributed by atoms with Crippen molar-refractivity contribution in [3.63, 3.8) is 0 Å². The van der Waals surface area contributed by atoms with Crippen molar-refractivity contribution in [2.75, 3.05) is 0 Å². The van der Waals surface area contributed by atoms with Gasteiger partial charge < -0.3 is 0 Å². The smallest absolute Gasteiger partial charge is 0.196 e. The van der Waals surface area contributed by atoms with E-state index in [0.29, 0.717) is 11.1 Å². The van der Waals surface area contributed by atoms with Crippen LogP contribution in [0, 0.1) is 0 Å². The minimum atomic E-state index is -0.00743. The van der Waals surface area contributed by atoms with E-state index in [0.717, 1.165) is 18.4 Å². The maximum atomic E-state index is 12.3. The second kappa shape index (κ2) is 6.13. The summed E-state index contributed by atoms with van der Waals surface area (Å²) in [6.07, 6.45) is 8.61. The number of carbonyl (C=O) groups excluding carboxylic acids is 1. The van der Waals surface area contributed by atoms with Gasteiger partial charge in [0.1, 0.15) is 0 Å². The zero-order chi connectivity index (χ0) is 14.5. The van der Waals surface area contributed by atoms with Crippen molar-refractivity contribution in [1.82, 2.24) is 15.2 Å². The predicted octanol–water partition coefficient (Wildman–Crippen LogP) is 2.82. The number of nitrogens with zero attached hydrogens (tertiary/aromatic N) is 2. The van der Waals surface area contributed by atoms with Crippen LogP contribution in [0.3, 0.4) is 0 Å². The number of nitrogens with one attached hydrogen (secondary N) is 1. The van der Waals surface area contributed by atoms with E-state index in [1.165, 1.54) is 5.56 Å². The lowest BCUT2D eigenvalue weighted by molar-refractivity contribution is 0.103. The summed E-state index contributed by atoms with van der Waals surface area (Å²) in [7, 11) is 0. The third-order valence-electron chi connectivity index (χ3n) is 3.37. The summed E-state index contributed by atoms with van der Waals surface area (Å²) in [5.41, 5.74) is 3.62. The first-order valence-electron chi connectivity index (χ1n) is 6.84. The van der Waals surface area contributed by atoms with Gasteiger partial charge in [0.05, 0.1) is 11.8 Å². The van der Waals surface area contributed by atoms with Crippen molar-refractivity contribution in [3.8, 4) is 0 Å². The number of hydrogen-bond acceptors (Lipinski definition) is 3. The van der Waals surface area contributed by atoms with E-state index in [4.69, 9.17) is 0 Å². The molecule has 3 aromatic rings. The molecule has 0 saturated heterocycles. The number of aryl methyl sites for hydroxylation is 2. The molecular weight excluding hydrogens is 262 g/mol. The molecule has 0 spiro atoms. The minimum Gasteiger partial charge on any atom is -0.288 e. The van der Waals surface area contributed by atoms with Gasteiger partial charge in [-0.2, -0.15) is 5.10 Å². The van der Waals surface area contributed by atoms with E-state index < -0.39 is 0 Å². The molecule has 21 heavy (non-hydrogen) atoms. The van der Waals surface area contributed by atoms with Crippen LogP contribution in [0.4, 0.5) is 0 Å². The molecule has 0 radical (unpaired) electrons. The molecule has 0 unspecified atom stereocenters. The van der Waals surface area contributed by atoms with Crippen LogP contribution in [0.15, 0.2) is 61.2 Å². The molecule has 0 atom stereocenters. The Labute approximate surface area is 122 Å². The first-order valence-corrected chi connectivity index (χ1v) is 6.84. The van der Waals surface area contributed by atoms with Crippen molar-refractivity contribution in [2.24, 2.45) is 0 Å². The van der Waals surface area contributed by atoms with Crippen LogP contribution in [0.5, 0.6) is 0 Å². The number of pyridine rings is 1. The van der Waals surface area contributed by atoms with Crippen molar-refractivity contribution >= 4 is 5.78 Å². The summed E-state index contributed by atoms with van der Waals surface area (Å²) in [6, 6.07) is 11.8. The van der Waals surface area contributed by atoms with E-state index in [1.54, 1.807) is 18.6 Å². The fourth-order valence-electron chi connectivity index (χ4n) is 2.24. The van der Waals surface area contributed by atoms with Crippen molar-refractivity contribution in [3.05, 3.63) is 83.4 Å². The second-order valence-electron chi connectivity index (χ2n) is 4.88. The van der Waals surface area contributed by atoms with Gasteiger partial charge in [-0.05, 0) is 36.1 Å². The Morgan fingerprint density at radius 1 is 1.00 bits per heavy atom. The lowest BCUT2D eigenvalue weighted by Crippen LogP contribution is -2.01. The fraction of sp³-hybridized carbons (Fsp3) is 0.118. The summed E-state index contributed by atoms with van der Waals surface area (Å²) in [4.78, 5) is 16.4. The fourth-order valence-corrected chi connectivity index (χ4v) is 2.24. The highest BCUT2D eigenvalue weighted by Crippen LogP contribution is 2.13. The lowest BCUT2D eigenvalue weighted by atomic mass is 10.00. The van der Waals surface area contributed by atoms with Gasteiger partial charge in [-0.1, -0.05) is 24.3 Å². The quantitative estimate of drug-likeness (QED) is 0.729. The molecule has 4 nitrogen and oxygen atoms in total. The average molecular weight is 277 g/mol. The molecular formula is C17H15N3O. The number of ketones is 1. The lowest BCUT2D eigenvalue weighted by Gasteiger charge is -2.04. The number of hydrogen-bond donors (Lipinski definition) is 1. The van der Waals surface area contributed by atoms with Crippen molar-refractivity contribution in [1.29, 1.82) is 0 Å². The molecule has 0 bridgehead atoms. The summed E-state index contributed by atoms with van der Waals surface area (Å²) < 4.78 is 0. The molecule has 0 fully saturated rings. The summed E-state index contributed by atoms with van der Waals surface area (Å²) >= 11 is 0. The number of aromatic amines is 1. The molecule has 2 heterocycles. The molecule has 104 valence electrons. The molecule has 1 aromatic carbocycles. The van der Waals surface area contributed by atoms with Crippen molar-refractivity contribution < 1.29 is 4.79 Å². The van der Waals surface area contributed by atoms with Gasteiger partial charge in [0, 0.05) is 24.2 Å². The van der Waals surface area contributed by atoms with Crippen LogP contribution in [0.1, 0.15) is 27.0 Å². The predicted molar refractivity (Wildman–Crippen MR) is 80.1 cm³/mol. The zero-order valence-corrected chi connectivity index (χ0v) is 11.5. The van der Waals surface area contributed by atoms with Gasteiger partial charge in [0.2, 0.25) is 0 Å². The Balaban J connectivity index is 1.73. The highest BCUT2D eigenvalue weighted by molar-refractivity contribution is 6.08. The number of rotatable bonds is 5. The number of carbonyl (C=O) groups is 1. The average Bonchev–Trinajstić information content (AvgIpc) is 3.08. The van der Waals surface area contributed by atoms with Gasteiger partial charge in [0.15, 0.2) is 5.78 Å². The topological polar surface area (TPSA) is 58.6 Å². The molecule has 0 aliphatic carbocycles. The van der Waals surface area contributed by atoms with E-state index in [-0.39, 0.29) is 5.78 Å². The summed E-state index contributed by atoms with van der Waals surface area (Å²) in [5.74, 6) is -0.00743. The Morgan fingerprint density at radius 2 is 1.86 bits per heavy atom. The Morgan fingerprint density at radius 3 is 2.62 bits per heavy atom. The first-order chi connectivity index (χ1) is 10.3. The molecule has 0 aliphatic heterocycles. The van der Waals surface area contributed by atoms with E-state index in [9.17, 15) is 4.79 Å². The number of H-pyrrole nitrogens is 1. The zero-order valence-electron chi connectivity index (χ0n) is 11.5. The van der Waals surface area contributed by atoms with Crippen LogP contribution in [-0.2, 0) is 12.8 Å². The molecule has 0 aliphatic rings. The molecule has 3 rings (SSSR count). The number of benzene rings is 1. The van der Waals surface area contributed by atoms with Crippen LogP contribution in [0.25, 0.3) is 0 Å².